The first kappa shape index (κ1) is 15.7. The minimum Gasteiger partial charge on any atom is -0.355 e. The van der Waals surface area contributed by atoms with Crippen LogP contribution in [0.2, 0.25) is 0 Å². The number of thiophene rings is 1. The van der Waals surface area contributed by atoms with Gasteiger partial charge in [0.05, 0.1) is 4.88 Å². The average molecular weight is 333 g/mol. The molecule has 1 fully saturated rings. The Balaban J connectivity index is 1.45. The molecular formula is C15H19N5O2S. The number of rotatable bonds is 6. The van der Waals surface area contributed by atoms with Crippen molar-refractivity contribution in [2.45, 2.75) is 26.7 Å². The number of nitrogens with zero attached hydrogens (tertiary/aromatic N) is 2. The first-order chi connectivity index (χ1) is 11.0. The molecule has 1 saturated carbocycles. The van der Waals surface area contributed by atoms with Crippen molar-refractivity contribution in [1.82, 2.24) is 20.5 Å². The second kappa shape index (κ2) is 6.49. The zero-order valence-electron chi connectivity index (χ0n) is 13.0. The fourth-order valence-corrected chi connectivity index (χ4v) is 3.10. The molecule has 0 aliphatic heterocycles. The van der Waals surface area contributed by atoms with E-state index in [1.807, 2.05) is 26.0 Å². The molecule has 0 unspecified atom stereocenters. The van der Waals surface area contributed by atoms with Crippen molar-refractivity contribution in [2.24, 2.45) is 11.8 Å². The van der Waals surface area contributed by atoms with Gasteiger partial charge in [0, 0.05) is 23.8 Å². The van der Waals surface area contributed by atoms with Gasteiger partial charge < -0.3 is 5.32 Å². The summed E-state index contributed by atoms with van der Waals surface area (Å²) in [6.45, 7) is 4.39. The Morgan fingerprint density at radius 1 is 1.43 bits per heavy atom. The molecule has 2 amide bonds. The zero-order chi connectivity index (χ0) is 16.4. The first-order valence-electron chi connectivity index (χ1n) is 7.59. The molecule has 2 atom stereocenters. The molecule has 2 heterocycles. The van der Waals surface area contributed by atoms with Crippen molar-refractivity contribution in [3.63, 3.8) is 0 Å². The van der Waals surface area contributed by atoms with Crippen LogP contribution in [0.1, 0.15) is 24.6 Å². The van der Waals surface area contributed by atoms with Crippen molar-refractivity contribution in [1.29, 1.82) is 0 Å². The summed E-state index contributed by atoms with van der Waals surface area (Å²) in [6.07, 6.45) is 1.15. The third-order valence-electron chi connectivity index (χ3n) is 3.81. The number of aromatic nitrogens is 3. The molecule has 3 rings (SSSR count). The number of aryl methyl sites for hydroxylation is 1. The fraction of sp³-hybridized carbons (Fsp3) is 0.467. The van der Waals surface area contributed by atoms with Crippen LogP contribution < -0.4 is 10.6 Å². The SMILES string of the molecule is Cc1ccc(-c2nc(NC(=O)CCNC(=O)[C@@H]3C[C@@H]3C)n[nH]2)s1. The van der Waals surface area contributed by atoms with E-state index in [0.717, 1.165) is 11.3 Å². The topological polar surface area (TPSA) is 99.8 Å². The van der Waals surface area contributed by atoms with Crippen LogP contribution in [0, 0.1) is 18.8 Å². The maximum absolute atomic E-state index is 11.8. The van der Waals surface area contributed by atoms with Crippen molar-refractivity contribution in [3.05, 3.63) is 17.0 Å². The van der Waals surface area contributed by atoms with Gasteiger partial charge in [-0.05, 0) is 31.4 Å². The molecule has 2 aromatic rings. The molecule has 1 aliphatic carbocycles. The van der Waals surface area contributed by atoms with Gasteiger partial charge in [-0.15, -0.1) is 16.4 Å². The highest BCUT2D eigenvalue weighted by atomic mass is 32.1. The van der Waals surface area contributed by atoms with Crippen molar-refractivity contribution in [3.8, 4) is 10.7 Å². The lowest BCUT2D eigenvalue weighted by Gasteiger charge is -2.03. The van der Waals surface area contributed by atoms with Gasteiger partial charge in [0.15, 0.2) is 5.82 Å². The molecular weight excluding hydrogens is 314 g/mol. The van der Waals surface area contributed by atoms with E-state index in [0.29, 0.717) is 18.3 Å². The zero-order valence-corrected chi connectivity index (χ0v) is 13.9. The molecule has 0 saturated heterocycles. The number of aromatic amines is 1. The highest BCUT2D eigenvalue weighted by Gasteiger charge is 2.38. The molecule has 1 aliphatic rings. The number of nitrogens with one attached hydrogen (secondary N) is 3. The molecule has 0 radical (unpaired) electrons. The van der Waals surface area contributed by atoms with Crippen LogP contribution in [-0.2, 0) is 9.59 Å². The summed E-state index contributed by atoms with van der Waals surface area (Å²) in [5, 5.41) is 12.2. The van der Waals surface area contributed by atoms with Crippen molar-refractivity contribution >= 4 is 29.1 Å². The summed E-state index contributed by atoms with van der Waals surface area (Å²) in [7, 11) is 0. The number of amides is 2. The summed E-state index contributed by atoms with van der Waals surface area (Å²) in [5.41, 5.74) is 0. The Kier molecular flexibility index (Phi) is 4.42. The normalized spacial score (nSPS) is 19.4. The molecule has 23 heavy (non-hydrogen) atoms. The number of H-pyrrole nitrogens is 1. The van der Waals surface area contributed by atoms with E-state index in [-0.39, 0.29) is 30.1 Å². The maximum Gasteiger partial charge on any atom is 0.249 e. The van der Waals surface area contributed by atoms with E-state index >= 15 is 0 Å². The molecule has 8 heteroatoms. The third kappa shape index (κ3) is 3.95. The first-order valence-corrected chi connectivity index (χ1v) is 8.41. The van der Waals surface area contributed by atoms with E-state index in [1.165, 1.54) is 4.88 Å². The Morgan fingerprint density at radius 3 is 2.87 bits per heavy atom. The Hall–Kier alpha value is -2.22. The molecule has 7 nitrogen and oxygen atoms in total. The van der Waals surface area contributed by atoms with Crippen LogP contribution in [-0.4, -0.2) is 33.5 Å². The maximum atomic E-state index is 11.8. The van der Waals surface area contributed by atoms with Crippen molar-refractivity contribution < 1.29 is 9.59 Å². The second-order valence-corrected chi connectivity index (χ2v) is 7.11. The van der Waals surface area contributed by atoms with Crippen LogP contribution in [0.4, 0.5) is 5.95 Å². The lowest BCUT2D eigenvalue weighted by Crippen LogP contribution is -2.29. The molecule has 0 aromatic carbocycles. The van der Waals surface area contributed by atoms with Gasteiger partial charge in [0.1, 0.15) is 0 Å². The van der Waals surface area contributed by atoms with E-state index in [1.54, 1.807) is 11.3 Å². The Labute approximate surface area is 137 Å². The number of hydrogen-bond acceptors (Lipinski definition) is 5. The predicted octanol–water partition coefficient (Wildman–Crippen LogP) is 1.94. The largest absolute Gasteiger partial charge is 0.355 e. The Bertz CT molecular complexity index is 723. The number of anilines is 1. The summed E-state index contributed by atoms with van der Waals surface area (Å²) in [4.78, 5) is 29.9. The van der Waals surface area contributed by atoms with Gasteiger partial charge >= 0.3 is 0 Å². The van der Waals surface area contributed by atoms with E-state index in [9.17, 15) is 9.59 Å². The van der Waals surface area contributed by atoms with Gasteiger partial charge in [0.25, 0.3) is 0 Å². The summed E-state index contributed by atoms with van der Waals surface area (Å²) < 4.78 is 0. The smallest absolute Gasteiger partial charge is 0.249 e. The minimum absolute atomic E-state index is 0.0403. The molecule has 0 spiro atoms. The van der Waals surface area contributed by atoms with Gasteiger partial charge in [-0.25, -0.2) is 0 Å². The second-order valence-electron chi connectivity index (χ2n) is 5.83. The molecule has 122 valence electrons. The number of carbonyl (C=O) groups is 2. The van der Waals surface area contributed by atoms with Crippen molar-refractivity contribution in [2.75, 3.05) is 11.9 Å². The highest BCUT2D eigenvalue weighted by Crippen LogP contribution is 2.37. The van der Waals surface area contributed by atoms with E-state index < -0.39 is 0 Å². The van der Waals surface area contributed by atoms with Gasteiger partial charge in [-0.2, -0.15) is 4.98 Å². The van der Waals surface area contributed by atoms with Crippen LogP contribution >= 0.6 is 11.3 Å². The minimum atomic E-state index is -0.220. The van der Waals surface area contributed by atoms with Crippen LogP contribution in [0.5, 0.6) is 0 Å². The van der Waals surface area contributed by atoms with Crippen LogP contribution in [0.15, 0.2) is 12.1 Å². The Morgan fingerprint density at radius 2 is 2.22 bits per heavy atom. The third-order valence-corrected chi connectivity index (χ3v) is 4.82. The fourth-order valence-electron chi connectivity index (χ4n) is 2.29. The van der Waals surface area contributed by atoms with Crippen LogP contribution in [0.25, 0.3) is 10.7 Å². The quantitative estimate of drug-likeness (QED) is 0.752. The average Bonchev–Trinajstić information content (AvgIpc) is 2.88. The van der Waals surface area contributed by atoms with Gasteiger partial charge in [-0.1, -0.05) is 6.92 Å². The van der Waals surface area contributed by atoms with E-state index in [2.05, 4.69) is 25.8 Å². The van der Waals surface area contributed by atoms with Gasteiger partial charge in [0.2, 0.25) is 17.8 Å². The summed E-state index contributed by atoms with van der Waals surface area (Å²) in [5.74, 6) is 1.30. The predicted molar refractivity (Wildman–Crippen MR) is 88.0 cm³/mol. The number of hydrogen-bond donors (Lipinski definition) is 3. The highest BCUT2D eigenvalue weighted by molar-refractivity contribution is 7.15. The monoisotopic (exact) mass is 333 g/mol. The van der Waals surface area contributed by atoms with Crippen LogP contribution in [0.3, 0.4) is 0 Å². The molecule has 0 bridgehead atoms. The van der Waals surface area contributed by atoms with E-state index in [4.69, 9.17) is 0 Å². The lowest BCUT2D eigenvalue weighted by molar-refractivity contribution is -0.122. The molecule has 3 N–H and O–H groups in total. The molecule has 2 aromatic heterocycles. The number of carbonyl (C=O) groups excluding carboxylic acids is 2. The van der Waals surface area contributed by atoms with Gasteiger partial charge in [-0.3, -0.25) is 20.0 Å². The standard InChI is InChI=1S/C15H19N5O2S/c1-8-7-10(8)14(22)16-6-5-12(21)17-15-18-13(19-20-15)11-4-3-9(2)23-11/h3-4,8,10H,5-7H2,1-2H3,(H,16,22)(H2,17,18,19,20,21)/t8-,10+/m0/s1. The lowest BCUT2D eigenvalue weighted by atomic mass is 10.3. The summed E-state index contributed by atoms with van der Waals surface area (Å²) in [6, 6.07) is 3.96. The summed E-state index contributed by atoms with van der Waals surface area (Å²) >= 11 is 1.60.